The number of ketones is 1. The molecule has 132 valence electrons. The lowest BCUT2D eigenvalue weighted by Crippen LogP contribution is -2.72. The molecular weight excluding hydrogens is 359 g/mol. The first-order valence-corrected chi connectivity index (χ1v) is 7.97. The van der Waals surface area contributed by atoms with Crippen molar-refractivity contribution in [1.82, 2.24) is 15.6 Å². The second kappa shape index (κ2) is 6.12. The zero-order valence-corrected chi connectivity index (χ0v) is 13.3. The van der Waals surface area contributed by atoms with E-state index in [2.05, 4.69) is 10.3 Å². The van der Waals surface area contributed by atoms with Crippen molar-refractivity contribution in [1.29, 1.82) is 0 Å². The van der Waals surface area contributed by atoms with E-state index in [1.165, 1.54) is 47.4 Å². The van der Waals surface area contributed by atoms with Crippen molar-refractivity contribution < 1.29 is 27.9 Å². The molecule has 3 heterocycles. The highest BCUT2D eigenvalue weighted by atomic mass is 32.1. The van der Waals surface area contributed by atoms with Crippen molar-refractivity contribution in [2.24, 2.45) is 5.92 Å². The van der Waals surface area contributed by atoms with Gasteiger partial charge in [0.05, 0.1) is 10.9 Å². The summed E-state index contributed by atoms with van der Waals surface area (Å²) in [5.41, 5.74) is -3.48. The van der Waals surface area contributed by atoms with Gasteiger partial charge in [-0.3, -0.25) is 9.78 Å². The summed E-state index contributed by atoms with van der Waals surface area (Å²) in [7, 11) is 0. The summed E-state index contributed by atoms with van der Waals surface area (Å²) in [5.74, 6) is -2.93. The number of nitrogens with zero attached hydrogens (tertiary/aromatic N) is 1. The smallest absolute Gasteiger partial charge is 0.363 e. The number of rotatable bonds is 3. The van der Waals surface area contributed by atoms with Crippen molar-refractivity contribution in [3.8, 4) is 0 Å². The third-order valence-corrected chi connectivity index (χ3v) is 4.80. The molecular formula is C15H12F3N3O3S. The van der Waals surface area contributed by atoms with E-state index >= 15 is 0 Å². The number of Topliss-reactive ketones (excluding diaryl/α,β-unsaturated/α-hetero) is 1. The van der Waals surface area contributed by atoms with Gasteiger partial charge in [0.2, 0.25) is 5.72 Å². The van der Waals surface area contributed by atoms with E-state index < -0.39 is 35.7 Å². The van der Waals surface area contributed by atoms with E-state index in [1.54, 1.807) is 0 Å². The molecule has 0 bridgehead atoms. The highest BCUT2D eigenvalue weighted by molar-refractivity contribution is 7.12. The van der Waals surface area contributed by atoms with Crippen LogP contribution >= 0.6 is 11.3 Å². The van der Waals surface area contributed by atoms with Crippen LogP contribution in [0.2, 0.25) is 0 Å². The minimum absolute atomic E-state index is 0.0460. The predicted octanol–water partition coefficient (Wildman–Crippen LogP) is 2.25. The van der Waals surface area contributed by atoms with Crippen LogP contribution in [-0.4, -0.2) is 33.8 Å². The molecule has 1 aliphatic heterocycles. The van der Waals surface area contributed by atoms with Gasteiger partial charge in [-0.25, -0.2) is 4.79 Å². The summed E-state index contributed by atoms with van der Waals surface area (Å²) in [6.07, 6.45) is -2.61. The van der Waals surface area contributed by atoms with Crippen LogP contribution in [0.4, 0.5) is 18.0 Å². The summed E-state index contributed by atoms with van der Waals surface area (Å²) in [6.45, 7) is 0. The maximum Gasteiger partial charge on any atom is 0.437 e. The topological polar surface area (TPSA) is 91.3 Å². The number of hydrogen-bond acceptors (Lipinski definition) is 5. The van der Waals surface area contributed by atoms with Crippen LogP contribution in [0, 0.1) is 5.92 Å². The van der Waals surface area contributed by atoms with Gasteiger partial charge in [0.25, 0.3) is 0 Å². The largest absolute Gasteiger partial charge is 0.437 e. The van der Waals surface area contributed by atoms with Crippen LogP contribution in [0.15, 0.2) is 42.0 Å². The van der Waals surface area contributed by atoms with Gasteiger partial charge in [0.1, 0.15) is 5.92 Å². The van der Waals surface area contributed by atoms with Crippen molar-refractivity contribution in [2.75, 3.05) is 0 Å². The van der Waals surface area contributed by atoms with E-state index in [-0.39, 0.29) is 10.4 Å². The number of hydrogen-bond donors (Lipinski definition) is 3. The number of pyridine rings is 1. The average Bonchev–Trinajstić information content (AvgIpc) is 3.08. The van der Waals surface area contributed by atoms with Gasteiger partial charge in [-0.1, -0.05) is 6.07 Å². The third kappa shape index (κ3) is 2.98. The molecule has 0 aliphatic carbocycles. The maximum atomic E-state index is 13.6. The van der Waals surface area contributed by atoms with Crippen molar-refractivity contribution in [3.05, 3.63) is 52.5 Å². The molecule has 10 heteroatoms. The molecule has 2 aromatic rings. The number of carbonyl (C=O) groups is 2. The Morgan fingerprint density at radius 2 is 1.96 bits per heavy atom. The van der Waals surface area contributed by atoms with Crippen LogP contribution in [-0.2, 0) is 0 Å². The second-order valence-corrected chi connectivity index (χ2v) is 6.39. The monoisotopic (exact) mass is 371 g/mol. The quantitative estimate of drug-likeness (QED) is 0.722. The minimum Gasteiger partial charge on any atom is -0.363 e. The van der Waals surface area contributed by atoms with Crippen molar-refractivity contribution in [3.63, 3.8) is 0 Å². The fraction of sp³-hybridized carbons (Fsp3) is 0.267. The van der Waals surface area contributed by atoms with E-state index in [1.807, 2.05) is 0 Å². The number of amides is 2. The molecule has 1 saturated heterocycles. The molecule has 1 aliphatic rings. The highest BCUT2D eigenvalue weighted by Gasteiger charge is 2.66. The zero-order chi connectivity index (χ0) is 18.2. The van der Waals surface area contributed by atoms with E-state index in [0.717, 1.165) is 11.3 Å². The molecule has 0 saturated carbocycles. The van der Waals surface area contributed by atoms with Gasteiger partial charge >= 0.3 is 12.2 Å². The van der Waals surface area contributed by atoms with Gasteiger partial charge in [-0.15, -0.1) is 11.3 Å². The van der Waals surface area contributed by atoms with Crippen LogP contribution < -0.4 is 10.6 Å². The Labute approximate surface area is 143 Å². The molecule has 25 heavy (non-hydrogen) atoms. The standard InChI is InChI=1S/C15H12F3N3O3S/c16-15(17,18)14(24)10(12(22)9-2-1-7-25-9)11(20-13(23)21-14)8-3-5-19-6-4-8/h1-7,10-11,24H,(H2,20,21,23)/t10-,11-,14-/m0/s1. The fourth-order valence-electron chi connectivity index (χ4n) is 2.76. The number of halogens is 3. The molecule has 6 nitrogen and oxygen atoms in total. The molecule has 2 amide bonds. The third-order valence-electron chi connectivity index (χ3n) is 3.92. The Hall–Kier alpha value is -2.46. The molecule has 2 aromatic heterocycles. The van der Waals surface area contributed by atoms with Gasteiger partial charge in [0, 0.05) is 12.4 Å². The summed E-state index contributed by atoms with van der Waals surface area (Å²) in [4.78, 5) is 28.3. The van der Waals surface area contributed by atoms with Gasteiger partial charge in [-0.2, -0.15) is 13.2 Å². The average molecular weight is 371 g/mol. The Morgan fingerprint density at radius 3 is 2.52 bits per heavy atom. The predicted molar refractivity (Wildman–Crippen MR) is 81.8 cm³/mol. The molecule has 0 unspecified atom stereocenters. The number of alkyl halides is 3. The molecule has 1 fully saturated rings. The number of carbonyl (C=O) groups excluding carboxylic acids is 2. The summed E-state index contributed by atoms with van der Waals surface area (Å²) >= 11 is 0.953. The van der Waals surface area contributed by atoms with Crippen LogP contribution in [0.3, 0.4) is 0 Å². The Balaban J connectivity index is 2.15. The molecule has 3 rings (SSSR count). The molecule has 3 atom stereocenters. The number of thiophene rings is 1. The molecule has 0 aromatic carbocycles. The fourth-order valence-corrected chi connectivity index (χ4v) is 3.46. The summed E-state index contributed by atoms with van der Waals surface area (Å²) in [6, 6.07) is 3.03. The first kappa shape index (κ1) is 17.4. The number of aliphatic hydroxyl groups is 1. The number of nitrogens with one attached hydrogen (secondary N) is 2. The Kier molecular flexibility index (Phi) is 4.25. The van der Waals surface area contributed by atoms with E-state index in [9.17, 15) is 27.9 Å². The van der Waals surface area contributed by atoms with E-state index in [0.29, 0.717) is 0 Å². The second-order valence-electron chi connectivity index (χ2n) is 5.44. The first-order chi connectivity index (χ1) is 11.7. The van der Waals surface area contributed by atoms with Gasteiger partial charge in [0.15, 0.2) is 5.78 Å². The van der Waals surface area contributed by atoms with Crippen LogP contribution in [0.5, 0.6) is 0 Å². The Bertz CT molecular complexity index is 782. The van der Waals surface area contributed by atoms with Crippen LogP contribution in [0.25, 0.3) is 0 Å². The number of aromatic nitrogens is 1. The van der Waals surface area contributed by atoms with Crippen molar-refractivity contribution in [2.45, 2.75) is 17.9 Å². The normalized spacial score (nSPS) is 26.6. The molecule has 0 spiro atoms. The van der Waals surface area contributed by atoms with Gasteiger partial charge < -0.3 is 15.7 Å². The lowest BCUT2D eigenvalue weighted by Gasteiger charge is -2.44. The lowest BCUT2D eigenvalue weighted by molar-refractivity contribution is -0.287. The summed E-state index contributed by atoms with van der Waals surface area (Å²) in [5, 5.41) is 15.6. The first-order valence-electron chi connectivity index (χ1n) is 7.09. The summed E-state index contributed by atoms with van der Waals surface area (Å²) < 4.78 is 40.8. The van der Waals surface area contributed by atoms with Crippen LogP contribution in [0.1, 0.15) is 21.3 Å². The van der Waals surface area contributed by atoms with Gasteiger partial charge in [-0.05, 0) is 29.1 Å². The van der Waals surface area contributed by atoms with E-state index in [4.69, 9.17) is 0 Å². The Morgan fingerprint density at radius 1 is 1.28 bits per heavy atom. The molecule has 3 N–H and O–H groups in total. The highest BCUT2D eigenvalue weighted by Crippen LogP contribution is 2.44. The lowest BCUT2D eigenvalue weighted by atomic mass is 9.79. The maximum absolute atomic E-state index is 13.6. The molecule has 0 radical (unpaired) electrons. The van der Waals surface area contributed by atoms with Crippen molar-refractivity contribution >= 4 is 23.2 Å². The zero-order valence-electron chi connectivity index (χ0n) is 12.4. The SMILES string of the molecule is O=C1N[C@@H](c2ccncc2)[C@@H](C(=O)c2cccs2)[C@](O)(C(F)(F)F)N1. The number of urea groups is 1. The minimum atomic E-state index is -5.26.